The fourth-order valence-electron chi connectivity index (χ4n) is 1.49. The molecule has 0 aromatic carbocycles. The molecule has 88 valence electrons. The summed E-state index contributed by atoms with van der Waals surface area (Å²) in [6, 6.07) is 0.0963. The van der Waals surface area contributed by atoms with Crippen LogP contribution in [-0.2, 0) is 16.1 Å². The van der Waals surface area contributed by atoms with Crippen LogP contribution in [0.5, 0.6) is 0 Å². The summed E-state index contributed by atoms with van der Waals surface area (Å²) in [6.45, 7) is 2.38. The van der Waals surface area contributed by atoms with Gasteiger partial charge < -0.3 is 19.9 Å². The maximum absolute atomic E-state index is 11.5. The lowest BCUT2D eigenvalue weighted by Crippen LogP contribution is -2.44. The van der Waals surface area contributed by atoms with E-state index in [0.717, 1.165) is 6.54 Å². The quantitative estimate of drug-likeness (QED) is 0.689. The van der Waals surface area contributed by atoms with Gasteiger partial charge in [0.25, 0.3) is 0 Å². The topological polar surface area (TPSA) is 89.3 Å². The van der Waals surface area contributed by atoms with Gasteiger partial charge in [-0.05, 0) is 0 Å². The molecule has 1 fully saturated rings. The van der Waals surface area contributed by atoms with Crippen LogP contribution < -0.4 is 10.6 Å². The number of nitrogens with zero attached hydrogens (tertiary/aromatic N) is 2. The molecule has 7 nitrogen and oxygen atoms in total. The average molecular weight is 226 g/mol. The van der Waals surface area contributed by atoms with E-state index in [1.165, 1.54) is 6.39 Å². The molecule has 1 atom stereocenters. The zero-order valence-corrected chi connectivity index (χ0v) is 8.81. The maximum Gasteiger partial charge on any atom is 0.222 e. The van der Waals surface area contributed by atoms with E-state index >= 15 is 0 Å². The van der Waals surface area contributed by atoms with Crippen molar-refractivity contribution < 1.29 is 14.1 Å². The molecule has 1 saturated heterocycles. The summed E-state index contributed by atoms with van der Waals surface area (Å²) in [4.78, 5) is 15.3. The fourth-order valence-corrected chi connectivity index (χ4v) is 1.49. The van der Waals surface area contributed by atoms with Crippen molar-refractivity contribution in [3.63, 3.8) is 0 Å². The van der Waals surface area contributed by atoms with Gasteiger partial charge in [-0.1, -0.05) is 5.16 Å². The van der Waals surface area contributed by atoms with Crippen molar-refractivity contribution in [2.24, 2.45) is 0 Å². The van der Waals surface area contributed by atoms with Crippen LogP contribution >= 0.6 is 0 Å². The molecule has 16 heavy (non-hydrogen) atoms. The van der Waals surface area contributed by atoms with Gasteiger partial charge in [-0.25, -0.2) is 0 Å². The number of nitrogens with one attached hydrogen (secondary N) is 2. The van der Waals surface area contributed by atoms with E-state index in [9.17, 15) is 4.79 Å². The van der Waals surface area contributed by atoms with Gasteiger partial charge in [-0.2, -0.15) is 4.98 Å². The molecule has 7 heteroatoms. The van der Waals surface area contributed by atoms with Crippen molar-refractivity contribution in [3.05, 3.63) is 12.2 Å². The summed E-state index contributed by atoms with van der Waals surface area (Å²) in [5.41, 5.74) is 0. The minimum absolute atomic E-state index is 0.0483. The molecular formula is C9H14N4O3. The third kappa shape index (κ3) is 3.28. The van der Waals surface area contributed by atoms with Crippen LogP contribution in [0, 0.1) is 0 Å². The molecule has 1 aromatic heterocycles. The first kappa shape index (κ1) is 11.0. The Labute approximate surface area is 92.5 Å². The van der Waals surface area contributed by atoms with Crippen LogP contribution in [0.4, 0.5) is 0 Å². The number of carbonyl (C=O) groups is 1. The molecule has 1 aromatic rings. The Morgan fingerprint density at radius 2 is 2.62 bits per heavy atom. The zero-order valence-electron chi connectivity index (χ0n) is 8.81. The van der Waals surface area contributed by atoms with Crippen molar-refractivity contribution in [1.82, 2.24) is 20.8 Å². The predicted octanol–water partition coefficient (Wildman–Crippen LogP) is -0.936. The van der Waals surface area contributed by atoms with Crippen LogP contribution in [0.25, 0.3) is 0 Å². The number of amides is 1. The lowest BCUT2D eigenvalue weighted by atomic mass is 10.2. The Morgan fingerprint density at radius 1 is 1.69 bits per heavy atom. The average Bonchev–Trinajstić information content (AvgIpc) is 2.81. The molecule has 2 heterocycles. The van der Waals surface area contributed by atoms with Crippen molar-refractivity contribution in [2.45, 2.75) is 19.0 Å². The summed E-state index contributed by atoms with van der Waals surface area (Å²) in [5, 5.41) is 9.51. The van der Waals surface area contributed by atoms with Gasteiger partial charge in [-0.15, -0.1) is 0 Å². The molecule has 0 radical (unpaired) electrons. The standard InChI is InChI=1S/C9H14N4O3/c14-9(3-7-5-15-2-1-10-7)11-4-8-12-6-16-13-8/h6-7,10H,1-5H2,(H,11,14). The smallest absolute Gasteiger partial charge is 0.222 e. The van der Waals surface area contributed by atoms with Gasteiger partial charge in [-0.3, -0.25) is 4.79 Å². The van der Waals surface area contributed by atoms with E-state index < -0.39 is 0 Å². The van der Waals surface area contributed by atoms with Crippen molar-refractivity contribution in [1.29, 1.82) is 0 Å². The third-order valence-electron chi connectivity index (χ3n) is 2.28. The van der Waals surface area contributed by atoms with E-state index in [1.807, 2.05) is 0 Å². The molecule has 1 aliphatic rings. The summed E-state index contributed by atoms with van der Waals surface area (Å²) < 4.78 is 9.80. The molecule has 0 aliphatic carbocycles. The first-order chi connectivity index (χ1) is 7.84. The molecule has 2 N–H and O–H groups in total. The second-order valence-electron chi connectivity index (χ2n) is 3.55. The second kappa shape index (κ2) is 5.57. The maximum atomic E-state index is 11.5. The van der Waals surface area contributed by atoms with E-state index in [-0.39, 0.29) is 11.9 Å². The van der Waals surface area contributed by atoms with E-state index in [1.54, 1.807) is 0 Å². The van der Waals surface area contributed by atoms with Crippen LogP contribution in [0.3, 0.4) is 0 Å². The Morgan fingerprint density at radius 3 is 3.31 bits per heavy atom. The summed E-state index contributed by atoms with van der Waals surface area (Å²) in [5.74, 6) is 0.425. The van der Waals surface area contributed by atoms with E-state index in [2.05, 4.69) is 25.3 Å². The fraction of sp³-hybridized carbons (Fsp3) is 0.667. The minimum Gasteiger partial charge on any atom is -0.378 e. The number of hydrogen-bond donors (Lipinski definition) is 2. The molecule has 0 saturated carbocycles. The monoisotopic (exact) mass is 226 g/mol. The third-order valence-corrected chi connectivity index (χ3v) is 2.28. The van der Waals surface area contributed by atoms with Gasteiger partial charge in [0, 0.05) is 19.0 Å². The normalized spacial score (nSPS) is 20.6. The highest BCUT2D eigenvalue weighted by Gasteiger charge is 2.16. The van der Waals surface area contributed by atoms with Crippen molar-refractivity contribution in [2.75, 3.05) is 19.8 Å². The molecule has 1 amide bonds. The molecule has 1 aliphatic heterocycles. The van der Waals surface area contributed by atoms with Crippen molar-refractivity contribution >= 4 is 5.91 Å². The SMILES string of the molecule is O=C(CC1COCCN1)NCc1ncon1. The highest BCUT2D eigenvalue weighted by molar-refractivity contribution is 5.76. The highest BCUT2D eigenvalue weighted by atomic mass is 16.5. The number of rotatable bonds is 4. The van der Waals surface area contributed by atoms with Crippen molar-refractivity contribution in [3.8, 4) is 0 Å². The summed E-state index contributed by atoms with van der Waals surface area (Å²) in [7, 11) is 0. The first-order valence-electron chi connectivity index (χ1n) is 5.17. The summed E-state index contributed by atoms with van der Waals surface area (Å²) in [6.07, 6.45) is 1.63. The van der Waals surface area contributed by atoms with Crippen LogP contribution in [0.1, 0.15) is 12.2 Å². The van der Waals surface area contributed by atoms with E-state index in [4.69, 9.17) is 4.74 Å². The molecule has 0 bridgehead atoms. The molecule has 0 spiro atoms. The predicted molar refractivity (Wildman–Crippen MR) is 53.4 cm³/mol. The Bertz CT molecular complexity index is 322. The van der Waals surface area contributed by atoms with Gasteiger partial charge in [0.05, 0.1) is 19.8 Å². The molecular weight excluding hydrogens is 212 g/mol. The zero-order chi connectivity index (χ0) is 11.2. The van der Waals surface area contributed by atoms with Gasteiger partial charge in [0.1, 0.15) is 0 Å². The lowest BCUT2D eigenvalue weighted by molar-refractivity contribution is -0.122. The van der Waals surface area contributed by atoms with Crippen LogP contribution in [0.2, 0.25) is 0 Å². The highest BCUT2D eigenvalue weighted by Crippen LogP contribution is 1.98. The number of morpholine rings is 1. The lowest BCUT2D eigenvalue weighted by Gasteiger charge is -2.23. The van der Waals surface area contributed by atoms with E-state index in [0.29, 0.717) is 32.0 Å². The van der Waals surface area contributed by atoms with Gasteiger partial charge in [0.2, 0.25) is 12.3 Å². The molecule has 1 unspecified atom stereocenters. The Balaban J connectivity index is 1.67. The van der Waals surface area contributed by atoms with Gasteiger partial charge >= 0.3 is 0 Å². The number of ether oxygens (including phenoxy) is 1. The molecule has 2 rings (SSSR count). The summed E-state index contributed by atoms with van der Waals surface area (Å²) >= 11 is 0. The van der Waals surface area contributed by atoms with Crippen LogP contribution in [0.15, 0.2) is 10.9 Å². The number of carbonyl (C=O) groups excluding carboxylic acids is 1. The number of hydrogen-bond acceptors (Lipinski definition) is 6. The first-order valence-corrected chi connectivity index (χ1v) is 5.17. The largest absolute Gasteiger partial charge is 0.378 e. The van der Waals surface area contributed by atoms with Crippen LogP contribution in [-0.4, -0.2) is 41.8 Å². The Hall–Kier alpha value is -1.47. The second-order valence-corrected chi connectivity index (χ2v) is 3.55. The number of aromatic nitrogens is 2. The minimum atomic E-state index is -0.0483. The van der Waals surface area contributed by atoms with Gasteiger partial charge in [0.15, 0.2) is 5.82 Å². The Kier molecular flexibility index (Phi) is 3.84.